The predicted molar refractivity (Wildman–Crippen MR) is 105 cm³/mol. The third kappa shape index (κ3) is 5.79. The van der Waals surface area contributed by atoms with Crippen LogP contribution in [0.5, 0.6) is 0 Å². The van der Waals surface area contributed by atoms with Crippen molar-refractivity contribution in [1.29, 1.82) is 0 Å². The van der Waals surface area contributed by atoms with Crippen LogP contribution in [0.1, 0.15) is 25.3 Å². The highest BCUT2D eigenvalue weighted by Gasteiger charge is 2.34. The third-order valence-electron chi connectivity index (χ3n) is 5.14. The number of halogens is 1. The molecule has 0 bridgehead atoms. The average molecular weight is 391 g/mol. The molecule has 1 saturated carbocycles. The molecule has 1 amide bonds. The van der Waals surface area contributed by atoms with Crippen molar-refractivity contribution >= 4 is 17.5 Å². The molecule has 7 heteroatoms. The highest BCUT2D eigenvalue weighted by atomic mass is 35.5. The van der Waals surface area contributed by atoms with Crippen molar-refractivity contribution in [3.05, 3.63) is 53.6 Å². The summed E-state index contributed by atoms with van der Waals surface area (Å²) in [6, 6.07) is 7.50. The summed E-state index contributed by atoms with van der Waals surface area (Å²) >= 11 is 5.93. The maximum absolute atomic E-state index is 12.5. The number of hydrogen-bond acceptors (Lipinski definition) is 4. The molecule has 27 heavy (non-hydrogen) atoms. The largest absolute Gasteiger partial charge is 0.391 e. The summed E-state index contributed by atoms with van der Waals surface area (Å²) in [7, 11) is 0. The SMILES string of the molecule is CCN(CC(=O)N[C@@H]1CC(Cn2ccnc2)C[C@H]1O)Cc1ccc(Cl)cc1. The summed E-state index contributed by atoms with van der Waals surface area (Å²) in [6.45, 7) is 4.63. The summed E-state index contributed by atoms with van der Waals surface area (Å²) in [5.74, 6) is 0.300. The monoisotopic (exact) mass is 390 g/mol. The molecule has 0 aliphatic heterocycles. The second-order valence-corrected chi connectivity index (χ2v) is 7.70. The van der Waals surface area contributed by atoms with Gasteiger partial charge in [-0.05, 0) is 43.0 Å². The number of benzene rings is 1. The Kier molecular flexibility index (Phi) is 6.88. The van der Waals surface area contributed by atoms with Gasteiger partial charge in [0.1, 0.15) is 0 Å². The molecule has 0 saturated heterocycles. The molecule has 3 rings (SSSR count). The van der Waals surface area contributed by atoms with E-state index in [0.29, 0.717) is 30.5 Å². The van der Waals surface area contributed by atoms with E-state index >= 15 is 0 Å². The first-order valence-electron chi connectivity index (χ1n) is 9.43. The van der Waals surface area contributed by atoms with E-state index in [0.717, 1.165) is 25.1 Å². The molecule has 0 spiro atoms. The van der Waals surface area contributed by atoms with Crippen LogP contribution in [0, 0.1) is 5.92 Å². The highest BCUT2D eigenvalue weighted by Crippen LogP contribution is 2.27. The summed E-state index contributed by atoms with van der Waals surface area (Å²) in [6.07, 6.45) is 6.46. The molecule has 2 N–H and O–H groups in total. The first-order valence-corrected chi connectivity index (χ1v) is 9.81. The second kappa shape index (κ2) is 9.35. The summed E-state index contributed by atoms with van der Waals surface area (Å²) in [5, 5.41) is 14.1. The summed E-state index contributed by atoms with van der Waals surface area (Å²) < 4.78 is 2.02. The number of hydrogen-bond donors (Lipinski definition) is 2. The van der Waals surface area contributed by atoms with Crippen LogP contribution in [0.3, 0.4) is 0 Å². The Labute approximate surface area is 165 Å². The minimum atomic E-state index is -0.492. The molecule has 3 atom stereocenters. The Bertz CT molecular complexity index is 720. The lowest BCUT2D eigenvalue weighted by Gasteiger charge is -2.22. The van der Waals surface area contributed by atoms with Gasteiger partial charge in [-0.15, -0.1) is 0 Å². The topological polar surface area (TPSA) is 70.4 Å². The van der Waals surface area contributed by atoms with Crippen LogP contribution in [0.2, 0.25) is 5.02 Å². The van der Waals surface area contributed by atoms with E-state index in [1.165, 1.54) is 0 Å². The number of amides is 1. The van der Waals surface area contributed by atoms with E-state index in [1.54, 1.807) is 12.5 Å². The normalized spacial score (nSPS) is 22.3. The summed E-state index contributed by atoms with van der Waals surface area (Å²) in [4.78, 5) is 18.6. The number of aliphatic hydroxyl groups excluding tert-OH is 1. The molecule has 1 aliphatic carbocycles. The maximum atomic E-state index is 12.5. The first-order chi connectivity index (χ1) is 13.0. The fourth-order valence-electron chi connectivity index (χ4n) is 3.70. The minimum Gasteiger partial charge on any atom is -0.391 e. The smallest absolute Gasteiger partial charge is 0.234 e. The molecule has 2 aromatic rings. The molecule has 1 aliphatic rings. The quantitative estimate of drug-likeness (QED) is 0.725. The van der Waals surface area contributed by atoms with Crippen molar-refractivity contribution in [2.24, 2.45) is 5.92 Å². The second-order valence-electron chi connectivity index (χ2n) is 7.27. The molecule has 1 heterocycles. The molecule has 6 nitrogen and oxygen atoms in total. The van der Waals surface area contributed by atoms with Crippen LogP contribution < -0.4 is 5.32 Å². The van der Waals surface area contributed by atoms with Gasteiger partial charge in [0, 0.05) is 30.5 Å². The number of aliphatic hydroxyl groups is 1. The Morgan fingerprint density at radius 1 is 1.37 bits per heavy atom. The van der Waals surface area contributed by atoms with E-state index in [2.05, 4.69) is 15.2 Å². The fraction of sp³-hybridized carbons (Fsp3) is 0.500. The van der Waals surface area contributed by atoms with Gasteiger partial charge in [0.25, 0.3) is 0 Å². The van der Waals surface area contributed by atoms with Crippen molar-refractivity contribution in [3.8, 4) is 0 Å². The molecule has 1 aromatic heterocycles. The number of imidazole rings is 1. The van der Waals surface area contributed by atoms with Crippen molar-refractivity contribution in [3.63, 3.8) is 0 Å². The average Bonchev–Trinajstić information content (AvgIpc) is 3.26. The van der Waals surface area contributed by atoms with Crippen molar-refractivity contribution in [1.82, 2.24) is 19.8 Å². The standard InChI is InChI=1S/C20H27ClN4O2/c1-2-24(11-15-3-5-17(21)6-4-15)13-20(27)23-18-9-16(10-19(18)26)12-25-8-7-22-14-25/h3-8,14,16,18-19,26H,2,9-13H2,1H3,(H,23,27)/t16?,18-,19-/m1/s1. The molecule has 1 aromatic carbocycles. The molecule has 1 fully saturated rings. The lowest BCUT2D eigenvalue weighted by Crippen LogP contribution is -2.44. The van der Waals surface area contributed by atoms with Crippen LogP contribution in [0.4, 0.5) is 0 Å². The van der Waals surface area contributed by atoms with Gasteiger partial charge in [0.2, 0.25) is 5.91 Å². The number of rotatable bonds is 8. The van der Waals surface area contributed by atoms with Crippen LogP contribution in [0.15, 0.2) is 43.0 Å². The lowest BCUT2D eigenvalue weighted by atomic mass is 10.1. The zero-order chi connectivity index (χ0) is 19.2. The minimum absolute atomic E-state index is 0.0434. The van der Waals surface area contributed by atoms with E-state index < -0.39 is 6.10 Å². The third-order valence-corrected chi connectivity index (χ3v) is 5.39. The van der Waals surface area contributed by atoms with E-state index in [1.807, 2.05) is 42.0 Å². The van der Waals surface area contributed by atoms with Crippen LogP contribution in [-0.2, 0) is 17.9 Å². The van der Waals surface area contributed by atoms with Gasteiger partial charge in [-0.2, -0.15) is 0 Å². The number of aromatic nitrogens is 2. The van der Waals surface area contributed by atoms with E-state index in [4.69, 9.17) is 11.6 Å². The highest BCUT2D eigenvalue weighted by molar-refractivity contribution is 6.30. The van der Waals surface area contributed by atoms with Crippen molar-refractivity contribution in [2.75, 3.05) is 13.1 Å². The maximum Gasteiger partial charge on any atom is 0.234 e. The Morgan fingerprint density at radius 3 is 2.81 bits per heavy atom. The van der Waals surface area contributed by atoms with Gasteiger partial charge in [0.15, 0.2) is 0 Å². The Hall–Kier alpha value is -1.89. The molecular weight excluding hydrogens is 364 g/mol. The van der Waals surface area contributed by atoms with Crippen molar-refractivity contribution < 1.29 is 9.90 Å². The van der Waals surface area contributed by atoms with E-state index in [9.17, 15) is 9.90 Å². The van der Waals surface area contributed by atoms with Gasteiger partial charge in [-0.25, -0.2) is 4.98 Å². The Morgan fingerprint density at radius 2 is 2.15 bits per heavy atom. The fourth-order valence-corrected chi connectivity index (χ4v) is 3.82. The van der Waals surface area contributed by atoms with Crippen molar-refractivity contribution in [2.45, 2.75) is 45.0 Å². The zero-order valence-corrected chi connectivity index (χ0v) is 16.3. The predicted octanol–water partition coefficient (Wildman–Crippen LogP) is 2.31. The lowest BCUT2D eigenvalue weighted by molar-refractivity contribution is -0.123. The Balaban J connectivity index is 1.47. The number of likely N-dealkylation sites (N-methyl/N-ethyl adjacent to an activating group) is 1. The van der Waals surface area contributed by atoms with E-state index in [-0.39, 0.29) is 11.9 Å². The molecule has 0 radical (unpaired) electrons. The summed E-state index contributed by atoms with van der Waals surface area (Å²) in [5.41, 5.74) is 1.12. The van der Waals surface area contributed by atoms with Gasteiger partial charge < -0.3 is 15.0 Å². The number of carbonyl (C=O) groups excluding carboxylic acids is 1. The molecular formula is C20H27ClN4O2. The van der Waals surface area contributed by atoms with Gasteiger partial charge >= 0.3 is 0 Å². The zero-order valence-electron chi connectivity index (χ0n) is 15.6. The molecule has 1 unspecified atom stereocenters. The molecule has 146 valence electrons. The van der Waals surface area contributed by atoms with Crippen LogP contribution in [-0.4, -0.2) is 50.7 Å². The van der Waals surface area contributed by atoms with Gasteiger partial charge in [-0.3, -0.25) is 9.69 Å². The number of nitrogens with zero attached hydrogens (tertiary/aromatic N) is 3. The number of carbonyl (C=O) groups is 1. The van der Waals surface area contributed by atoms with Gasteiger partial charge in [0.05, 0.1) is 25.0 Å². The van der Waals surface area contributed by atoms with Crippen LogP contribution >= 0.6 is 11.6 Å². The first kappa shape index (κ1) is 19.9. The number of nitrogens with one attached hydrogen (secondary N) is 1. The van der Waals surface area contributed by atoms with Crippen LogP contribution in [0.25, 0.3) is 0 Å². The van der Waals surface area contributed by atoms with Gasteiger partial charge in [-0.1, -0.05) is 30.7 Å².